The summed E-state index contributed by atoms with van der Waals surface area (Å²) < 4.78 is 5.72. The Morgan fingerprint density at radius 3 is 2.38 bits per heavy atom. The van der Waals surface area contributed by atoms with E-state index < -0.39 is 0 Å². The molecule has 0 spiro atoms. The van der Waals surface area contributed by atoms with Crippen LogP contribution in [0, 0.1) is 23.2 Å². The predicted molar refractivity (Wildman–Crippen MR) is 104 cm³/mol. The third-order valence-corrected chi connectivity index (χ3v) is 7.09. The summed E-state index contributed by atoms with van der Waals surface area (Å²) in [5.74, 6) is 3.60. The standard InChI is InChI=1S/C23H33NO2/c1-3-24(22(25)20-7-5-6-8-21(20)26-4-2)16-23-13-17-9-10-18(14-23)12-19(11-17)15-23/h5-8,17-19H,3-4,9-16H2,1-2H3/t17-,18+,19?,23?. The highest BCUT2D eigenvalue weighted by Crippen LogP contribution is 2.58. The third kappa shape index (κ3) is 3.37. The Morgan fingerprint density at radius 1 is 1.08 bits per heavy atom. The lowest BCUT2D eigenvalue weighted by atomic mass is 9.58. The lowest BCUT2D eigenvalue weighted by Gasteiger charge is -2.50. The van der Waals surface area contributed by atoms with Gasteiger partial charge in [0, 0.05) is 13.1 Å². The van der Waals surface area contributed by atoms with Crippen molar-refractivity contribution in [3.8, 4) is 5.75 Å². The number of carbonyl (C=O) groups is 1. The van der Waals surface area contributed by atoms with Crippen molar-refractivity contribution in [2.45, 2.75) is 58.8 Å². The zero-order chi connectivity index (χ0) is 18.1. The molecule has 1 aromatic rings. The maximum atomic E-state index is 13.3. The summed E-state index contributed by atoms with van der Waals surface area (Å²) in [6.07, 6.45) is 9.79. The molecule has 1 amide bonds. The average molecular weight is 356 g/mol. The van der Waals surface area contributed by atoms with Crippen molar-refractivity contribution in [2.75, 3.05) is 19.7 Å². The van der Waals surface area contributed by atoms with E-state index in [-0.39, 0.29) is 5.91 Å². The minimum Gasteiger partial charge on any atom is -0.493 e. The Kier molecular flexibility index (Phi) is 4.98. The van der Waals surface area contributed by atoms with Crippen LogP contribution in [0.3, 0.4) is 0 Å². The van der Waals surface area contributed by atoms with E-state index in [1.165, 1.54) is 44.9 Å². The van der Waals surface area contributed by atoms with Gasteiger partial charge in [0.1, 0.15) is 5.75 Å². The van der Waals surface area contributed by atoms with Crippen LogP contribution in [-0.2, 0) is 0 Å². The first-order valence-electron chi connectivity index (χ1n) is 10.6. The van der Waals surface area contributed by atoms with E-state index in [0.29, 0.717) is 12.0 Å². The van der Waals surface area contributed by atoms with Crippen LogP contribution in [0.4, 0.5) is 0 Å². The smallest absolute Gasteiger partial charge is 0.257 e. The summed E-state index contributed by atoms with van der Waals surface area (Å²) in [7, 11) is 0. The van der Waals surface area contributed by atoms with E-state index >= 15 is 0 Å². The molecule has 26 heavy (non-hydrogen) atoms. The summed E-state index contributed by atoms with van der Waals surface area (Å²) in [6.45, 7) is 6.39. The zero-order valence-electron chi connectivity index (χ0n) is 16.4. The molecule has 0 heterocycles. The fourth-order valence-electron chi connectivity index (χ4n) is 6.39. The number of benzene rings is 1. The molecule has 4 saturated carbocycles. The minimum atomic E-state index is 0.144. The molecule has 1 aromatic carbocycles. The number of hydrogen-bond donors (Lipinski definition) is 0. The van der Waals surface area contributed by atoms with E-state index in [2.05, 4.69) is 11.8 Å². The molecule has 5 rings (SSSR count). The predicted octanol–water partition coefficient (Wildman–Crippen LogP) is 5.15. The lowest BCUT2D eigenvalue weighted by molar-refractivity contribution is 0.00563. The second-order valence-electron chi connectivity index (χ2n) is 9.01. The first-order valence-corrected chi connectivity index (χ1v) is 10.6. The summed E-state index contributed by atoms with van der Waals surface area (Å²) in [5, 5.41) is 0. The molecule has 0 N–H and O–H groups in total. The van der Waals surface area contributed by atoms with E-state index in [0.717, 1.165) is 42.2 Å². The van der Waals surface area contributed by atoms with Crippen LogP contribution in [0.25, 0.3) is 0 Å². The highest BCUT2D eigenvalue weighted by atomic mass is 16.5. The Labute approximate surface area is 158 Å². The number of carbonyl (C=O) groups excluding carboxylic acids is 1. The summed E-state index contributed by atoms with van der Waals surface area (Å²) in [5.41, 5.74) is 1.10. The SMILES string of the molecule is CCOc1ccccc1C(=O)N(CC)CC12CC3C[C@@H](CC[C@@H](C3)C1)C2. The zero-order valence-corrected chi connectivity index (χ0v) is 16.4. The van der Waals surface area contributed by atoms with Crippen LogP contribution >= 0.6 is 0 Å². The van der Waals surface area contributed by atoms with Gasteiger partial charge in [0.2, 0.25) is 0 Å². The van der Waals surface area contributed by atoms with Crippen molar-refractivity contribution in [1.82, 2.24) is 4.90 Å². The number of fused-ring (bicyclic) bond motifs is 1. The Balaban J connectivity index is 1.55. The molecule has 4 aliphatic carbocycles. The fourth-order valence-corrected chi connectivity index (χ4v) is 6.39. The molecule has 0 saturated heterocycles. The van der Waals surface area contributed by atoms with Gasteiger partial charge in [0.25, 0.3) is 5.91 Å². The highest BCUT2D eigenvalue weighted by molar-refractivity contribution is 5.97. The quantitative estimate of drug-likeness (QED) is 0.706. The number of amides is 1. The Hall–Kier alpha value is -1.51. The Morgan fingerprint density at radius 2 is 1.73 bits per heavy atom. The molecule has 0 radical (unpaired) electrons. The molecule has 4 bridgehead atoms. The van der Waals surface area contributed by atoms with Crippen LogP contribution in [0.5, 0.6) is 5.75 Å². The van der Waals surface area contributed by atoms with E-state index in [1.54, 1.807) is 0 Å². The number of ether oxygens (including phenoxy) is 1. The van der Waals surface area contributed by atoms with Gasteiger partial charge in [-0.15, -0.1) is 0 Å². The molecule has 3 heteroatoms. The van der Waals surface area contributed by atoms with E-state index in [4.69, 9.17) is 4.74 Å². The van der Waals surface area contributed by atoms with Crippen LogP contribution in [0.1, 0.15) is 69.2 Å². The van der Waals surface area contributed by atoms with Crippen LogP contribution in [-0.4, -0.2) is 30.5 Å². The lowest BCUT2D eigenvalue weighted by Crippen LogP contribution is -2.47. The van der Waals surface area contributed by atoms with Crippen molar-refractivity contribution in [3.05, 3.63) is 29.8 Å². The van der Waals surface area contributed by atoms with Crippen LogP contribution in [0.15, 0.2) is 24.3 Å². The second kappa shape index (κ2) is 7.25. The molecule has 0 aliphatic heterocycles. The average Bonchev–Trinajstić information content (AvgIpc) is 2.85. The summed E-state index contributed by atoms with van der Waals surface area (Å²) in [6, 6.07) is 7.73. The normalized spacial score (nSPS) is 32.3. The molecule has 0 aromatic heterocycles. The Bertz CT molecular complexity index is 639. The van der Waals surface area contributed by atoms with E-state index in [1.807, 2.05) is 31.2 Å². The maximum Gasteiger partial charge on any atom is 0.257 e. The highest BCUT2D eigenvalue weighted by Gasteiger charge is 2.49. The van der Waals surface area contributed by atoms with Crippen molar-refractivity contribution in [2.24, 2.45) is 23.2 Å². The number of para-hydroxylation sites is 1. The first kappa shape index (κ1) is 17.9. The molecule has 4 aliphatic rings. The van der Waals surface area contributed by atoms with Crippen molar-refractivity contribution in [1.29, 1.82) is 0 Å². The van der Waals surface area contributed by atoms with Crippen molar-refractivity contribution in [3.63, 3.8) is 0 Å². The van der Waals surface area contributed by atoms with Gasteiger partial charge in [-0.3, -0.25) is 4.79 Å². The van der Waals surface area contributed by atoms with Gasteiger partial charge in [-0.05, 0) is 81.3 Å². The van der Waals surface area contributed by atoms with Gasteiger partial charge in [-0.1, -0.05) is 25.0 Å². The van der Waals surface area contributed by atoms with Crippen molar-refractivity contribution >= 4 is 5.91 Å². The molecule has 4 atom stereocenters. The van der Waals surface area contributed by atoms with Crippen LogP contribution in [0.2, 0.25) is 0 Å². The second-order valence-corrected chi connectivity index (χ2v) is 9.01. The first-order chi connectivity index (χ1) is 12.6. The fraction of sp³-hybridized carbons (Fsp3) is 0.696. The number of rotatable bonds is 6. The molecular formula is C23H33NO2. The van der Waals surface area contributed by atoms with Crippen LogP contribution < -0.4 is 4.74 Å². The molecule has 142 valence electrons. The van der Waals surface area contributed by atoms with Gasteiger partial charge in [-0.2, -0.15) is 0 Å². The molecule has 3 nitrogen and oxygen atoms in total. The monoisotopic (exact) mass is 355 g/mol. The minimum absolute atomic E-state index is 0.144. The molecular weight excluding hydrogens is 322 g/mol. The van der Waals surface area contributed by atoms with Gasteiger partial charge in [0.15, 0.2) is 0 Å². The summed E-state index contributed by atoms with van der Waals surface area (Å²) in [4.78, 5) is 15.4. The summed E-state index contributed by atoms with van der Waals surface area (Å²) >= 11 is 0. The number of nitrogens with zero attached hydrogens (tertiary/aromatic N) is 1. The van der Waals surface area contributed by atoms with Crippen molar-refractivity contribution < 1.29 is 9.53 Å². The third-order valence-electron chi connectivity index (χ3n) is 7.09. The topological polar surface area (TPSA) is 29.5 Å². The van der Waals surface area contributed by atoms with Gasteiger partial charge in [-0.25, -0.2) is 0 Å². The number of hydrogen-bond acceptors (Lipinski definition) is 2. The van der Waals surface area contributed by atoms with E-state index in [9.17, 15) is 4.79 Å². The van der Waals surface area contributed by atoms with Gasteiger partial charge < -0.3 is 9.64 Å². The molecule has 4 fully saturated rings. The van der Waals surface area contributed by atoms with Gasteiger partial charge >= 0.3 is 0 Å². The molecule has 2 unspecified atom stereocenters. The van der Waals surface area contributed by atoms with Gasteiger partial charge in [0.05, 0.1) is 12.2 Å². The largest absolute Gasteiger partial charge is 0.493 e. The maximum absolute atomic E-state index is 13.3.